The summed E-state index contributed by atoms with van der Waals surface area (Å²) in [6, 6.07) is 13.3. The van der Waals surface area contributed by atoms with Crippen molar-refractivity contribution in [2.45, 2.75) is 40.2 Å². The van der Waals surface area contributed by atoms with E-state index in [1.807, 2.05) is 70.2 Å². The van der Waals surface area contributed by atoms with Gasteiger partial charge in [0.05, 0.1) is 17.1 Å². The maximum atomic E-state index is 12.5. The van der Waals surface area contributed by atoms with Crippen LogP contribution in [0.3, 0.4) is 0 Å². The number of aromatic amines is 1. The minimum Gasteiger partial charge on any atom is -0.491 e. The van der Waals surface area contributed by atoms with Gasteiger partial charge in [0, 0.05) is 29.6 Å². The number of carbonyl (C=O) groups excluding carboxylic acids is 1. The van der Waals surface area contributed by atoms with E-state index in [-0.39, 0.29) is 18.5 Å². The van der Waals surface area contributed by atoms with Gasteiger partial charge in [-0.2, -0.15) is 0 Å². The van der Waals surface area contributed by atoms with Gasteiger partial charge in [0.25, 0.3) is 0 Å². The van der Waals surface area contributed by atoms with Crippen LogP contribution in [0, 0.1) is 5.41 Å². The van der Waals surface area contributed by atoms with E-state index in [0.717, 1.165) is 28.2 Å². The molecule has 142 valence electrons. The van der Waals surface area contributed by atoms with Crippen LogP contribution in [0.15, 0.2) is 42.5 Å². The lowest BCUT2D eigenvalue weighted by atomic mass is 9.86. The fourth-order valence-corrected chi connectivity index (χ4v) is 2.88. The van der Waals surface area contributed by atoms with Crippen molar-refractivity contribution in [1.82, 2.24) is 9.97 Å². The molecule has 0 spiro atoms. The van der Waals surface area contributed by atoms with Gasteiger partial charge in [-0.3, -0.25) is 4.79 Å². The maximum absolute atomic E-state index is 12.5. The number of aromatic nitrogens is 2. The maximum Gasteiger partial charge on any atom is 0.168 e. The fourth-order valence-electron chi connectivity index (χ4n) is 2.88. The highest BCUT2D eigenvalue weighted by atomic mass is 16.5. The molecular formula is C22H26N2O3. The second-order valence-corrected chi connectivity index (χ2v) is 7.86. The number of ether oxygens (including phenoxy) is 1. The molecule has 0 fully saturated rings. The van der Waals surface area contributed by atoms with Crippen LogP contribution in [-0.2, 0) is 0 Å². The van der Waals surface area contributed by atoms with E-state index >= 15 is 0 Å². The normalized spacial score (nSPS) is 12.9. The molecule has 0 aliphatic rings. The third-order valence-corrected chi connectivity index (χ3v) is 4.43. The summed E-state index contributed by atoms with van der Waals surface area (Å²) in [7, 11) is 0. The Bertz CT molecular complexity index is 936. The van der Waals surface area contributed by atoms with Crippen LogP contribution in [0.2, 0.25) is 0 Å². The Kier molecular flexibility index (Phi) is 5.33. The lowest BCUT2D eigenvalue weighted by Gasteiger charge is -2.16. The number of fused-ring (bicyclic) bond motifs is 1. The molecule has 3 aromatic rings. The van der Waals surface area contributed by atoms with Gasteiger partial charge >= 0.3 is 0 Å². The lowest BCUT2D eigenvalue weighted by Crippen LogP contribution is -2.19. The van der Waals surface area contributed by atoms with Gasteiger partial charge in [-0.25, -0.2) is 4.98 Å². The molecule has 0 aliphatic heterocycles. The Morgan fingerprint density at radius 2 is 1.89 bits per heavy atom. The average molecular weight is 366 g/mol. The van der Waals surface area contributed by atoms with Gasteiger partial charge in [-0.1, -0.05) is 20.8 Å². The summed E-state index contributed by atoms with van der Waals surface area (Å²) in [5.41, 5.74) is 2.88. The number of hydrogen-bond donors (Lipinski definition) is 2. The van der Waals surface area contributed by atoms with E-state index in [2.05, 4.69) is 9.97 Å². The number of nitrogens with one attached hydrogen (secondary N) is 1. The first-order valence-corrected chi connectivity index (χ1v) is 9.20. The smallest absolute Gasteiger partial charge is 0.168 e. The standard InChI is InChI=1S/C22H26N2O3/c1-14(11-12-25)27-17-8-5-15(6-9-17)21-23-18-10-7-16(13-19(18)24-21)20(26)22(2,3)4/h5-10,13-14,25H,11-12H2,1-4H3,(H,23,24). The molecule has 0 saturated heterocycles. The van der Waals surface area contributed by atoms with Crippen molar-refractivity contribution in [2.24, 2.45) is 5.41 Å². The number of nitrogens with zero attached hydrogens (tertiary/aromatic N) is 1. The van der Waals surface area contributed by atoms with Crippen molar-refractivity contribution in [3.05, 3.63) is 48.0 Å². The van der Waals surface area contributed by atoms with Gasteiger partial charge in [0.1, 0.15) is 11.6 Å². The zero-order valence-corrected chi connectivity index (χ0v) is 16.2. The molecule has 1 unspecified atom stereocenters. The summed E-state index contributed by atoms with van der Waals surface area (Å²) in [6.45, 7) is 7.80. The van der Waals surface area contributed by atoms with Crippen molar-refractivity contribution in [1.29, 1.82) is 0 Å². The predicted octanol–water partition coefficient (Wildman–Crippen LogP) is 4.61. The Labute approximate surface area is 159 Å². The topological polar surface area (TPSA) is 75.2 Å². The Balaban J connectivity index is 1.84. The summed E-state index contributed by atoms with van der Waals surface area (Å²) < 4.78 is 5.75. The highest BCUT2D eigenvalue weighted by Crippen LogP contribution is 2.26. The van der Waals surface area contributed by atoms with Gasteiger partial charge in [0.2, 0.25) is 0 Å². The number of benzene rings is 2. The zero-order chi connectivity index (χ0) is 19.6. The number of H-pyrrole nitrogens is 1. The molecule has 1 aromatic heterocycles. The molecule has 5 nitrogen and oxygen atoms in total. The van der Waals surface area contributed by atoms with E-state index in [1.54, 1.807) is 0 Å². The van der Waals surface area contributed by atoms with E-state index < -0.39 is 5.41 Å². The SMILES string of the molecule is CC(CCO)Oc1ccc(-c2nc3ccc(C(=O)C(C)(C)C)cc3[nH]2)cc1. The Hall–Kier alpha value is -2.66. The quantitative estimate of drug-likeness (QED) is 0.625. The summed E-state index contributed by atoms with van der Waals surface area (Å²) >= 11 is 0. The van der Waals surface area contributed by atoms with Crippen LogP contribution in [0.25, 0.3) is 22.4 Å². The number of carbonyl (C=O) groups is 1. The van der Waals surface area contributed by atoms with Crippen molar-refractivity contribution in [3.8, 4) is 17.1 Å². The number of imidazole rings is 1. The number of aliphatic hydroxyl groups is 1. The van der Waals surface area contributed by atoms with E-state index in [4.69, 9.17) is 9.84 Å². The van der Waals surface area contributed by atoms with Gasteiger partial charge < -0.3 is 14.8 Å². The molecule has 1 heterocycles. The van der Waals surface area contributed by atoms with Gasteiger partial charge in [-0.15, -0.1) is 0 Å². The second kappa shape index (κ2) is 7.53. The Morgan fingerprint density at radius 1 is 1.19 bits per heavy atom. The van der Waals surface area contributed by atoms with E-state index in [0.29, 0.717) is 12.0 Å². The van der Waals surface area contributed by atoms with Crippen molar-refractivity contribution in [2.75, 3.05) is 6.61 Å². The Morgan fingerprint density at radius 3 is 2.52 bits per heavy atom. The molecule has 0 aliphatic carbocycles. The molecule has 2 aromatic carbocycles. The number of ketones is 1. The third kappa shape index (κ3) is 4.37. The van der Waals surface area contributed by atoms with Crippen molar-refractivity contribution >= 4 is 16.8 Å². The molecule has 1 atom stereocenters. The van der Waals surface area contributed by atoms with Crippen LogP contribution in [0.5, 0.6) is 5.75 Å². The minimum atomic E-state index is -0.417. The molecule has 2 N–H and O–H groups in total. The van der Waals surface area contributed by atoms with Crippen LogP contribution < -0.4 is 4.74 Å². The molecule has 0 radical (unpaired) electrons. The summed E-state index contributed by atoms with van der Waals surface area (Å²) in [4.78, 5) is 20.4. The van der Waals surface area contributed by atoms with E-state index in [1.165, 1.54) is 0 Å². The zero-order valence-electron chi connectivity index (χ0n) is 16.2. The molecule has 0 saturated carbocycles. The molecule has 3 rings (SSSR count). The first kappa shape index (κ1) is 19.1. The molecule has 27 heavy (non-hydrogen) atoms. The predicted molar refractivity (Wildman–Crippen MR) is 107 cm³/mol. The van der Waals surface area contributed by atoms with Gasteiger partial charge in [-0.05, 0) is 49.4 Å². The van der Waals surface area contributed by atoms with Crippen molar-refractivity contribution in [3.63, 3.8) is 0 Å². The molecule has 0 amide bonds. The molecule has 0 bridgehead atoms. The second-order valence-electron chi connectivity index (χ2n) is 7.86. The number of rotatable bonds is 6. The minimum absolute atomic E-state index is 0.0363. The average Bonchev–Trinajstić information content (AvgIpc) is 3.04. The first-order chi connectivity index (χ1) is 12.8. The van der Waals surface area contributed by atoms with Crippen LogP contribution in [-0.4, -0.2) is 33.6 Å². The van der Waals surface area contributed by atoms with Gasteiger partial charge in [0.15, 0.2) is 5.78 Å². The summed E-state index contributed by atoms with van der Waals surface area (Å²) in [5.74, 6) is 1.62. The van der Waals surface area contributed by atoms with Crippen LogP contribution in [0.4, 0.5) is 0 Å². The molecular weight excluding hydrogens is 340 g/mol. The highest BCUT2D eigenvalue weighted by Gasteiger charge is 2.23. The van der Waals surface area contributed by atoms with E-state index in [9.17, 15) is 4.79 Å². The summed E-state index contributed by atoms with van der Waals surface area (Å²) in [5, 5.41) is 8.96. The monoisotopic (exact) mass is 366 g/mol. The van der Waals surface area contributed by atoms with Crippen LogP contribution in [0.1, 0.15) is 44.5 Å². The lowest BCUT2D eigenvalue weighted by molar-refractivity contribution is 0.0858. The molecule has 5 heteroatoms. The van der Waals surface area contributed by atoms with Crippen LogP contribution >= 0.6 is 0 Å². The fraction of sp³-hybridized carbons (Fsp3) is 0.364. The summed E-state index contributed by atoms with van der Waals surface area (Å²) in [6.07, 6.45) is 0.562. The largest absolute Gasteiger partial charge is 0.491 e. The van der Waals surface area contributed by atoms with Crippen molar-refractivity contribution < 1.29 is 14.6 Å². The number of aliphatic hydroxyl groups excluding tert-OH is 1. The number of hydrogen-bond acceptors (Lipinski definition) is 4. The highest BCUT2D eigenvalue weighted by molar-refractivity contribution is 6.02. The first-order valence-electron chi connectivity index (χ1n) is 9.20. The third-order valence-electron chi connectivity index (χ3n) is 4.43. The number of Topliss-reactive ketones (excluding diaryl/α,β-unsaturated/α-hetero) is 1.